The predicted octanol–water partition coefficient (Wildman–Crippen LogP) is 4.23. The molecule has 1 aliphatic rings. The molecule has 0 radical (unpaired) electrons. The van der Waals surface area contributed by atoms with Crippen molar-refractivity contribution in [2.24, 2.45) is 0 Å². The molecule has 1 aliphatic heterocycles. The summed E-state index contributed by atoms with van der Waals surface area (Å²) in [7, 11) is 1.66. The van der Waals surface area contributed by atoms with Crippen LogP contribution in [0, 0.1) is 0 Å². The van der Waals surface area contributed by atoms with Crippen molar-refractivity contribution in [3.63, 3.8) is 0 Å². The third-order valence-corrected chi connectivity index (χ3v) is 5.39. The Bertz CT molecular complexity index is 858. The van der Waals surface area contributed by atoms with Crippen LogP contribution in [0.4, 0.5) is 0 Å². The normalized spacial score (nSPS) is 16.7. The molecule has 1 heterocycles. The number of ether oxygens (including phenoxy) is 1. The van der Waals surface area contributed by atoms with Crippen LogP contribution in [0.1, 0.15) is 25.5 Å². The average molecular weight is 385 g/mol. The third kappa shape index (κ3) is 4.08. The maximum absolute atomic E-state index is 12.1. The van der Waals surface area contributed by atoms with Crippen molar-refractivity contribution >= 4 is 34.9 Å². The number of allylic oxidation sites excluding steroid dienone is 1. The predicted molar refractivity (Wildman–Crippen MR) is 109 cm³/mol. The molecule has 0 spiro atoms. The number of methoxy groups -OCH3 is 1. The van der Waals surface area contributed by atoms with Gasteiger partial charge in [0.05, 0.1) is 13.2 Å². The Morgan fingerprint density at radius 3 is 2.19 bits per heavy atom. The Morgan fingerprint density at radius 2 is 1.65 bits per heavy atom. The highest BCUT2D eigenvalue weighted by Crippen LogP contribution is 2.32. The Balaban J connectivity index is 1.81. The van der Waals surface area contributed by atoms with Gasteiger partial charge in [0, 0.05) is 21.1 Å². The van der Waals surface area contributed by atoms with E-state index in [2.05, 4.69) is 22.8 Å². The number of hydrogen-bond acceptors (Lipinski definition) is 4. The largest absolute Gasteiger partial charge is 0.497 e. The molecule has 0 saturated heterocycles. The summed E-state index contributed by atoms with van der Waals surface area (Å²) in [5, 5.41) is 6.76. The number of carbonyl (C=O) groups is 1. The van der Waals surface area contributed by atoms with Gasteiger partial charge in [0.25, 0.3) is 0 Å². The first-order valence-corrected chi connectivity index (χ1v) is 9.41. The van der Waals surface area contributed by atoms with E-state index < -0.39 is 0 Å². The Hall–Kier alpha value is -2.31. The molecule has 0 bridgehead atoms. The van der Waals surface area contributed by atoms with Crippen molar-refractivity contribution in [3.8, 4) is 5.75 Å². The molecule has 26 heavy (non-hydrogen) atoms. The molecule has 3 rings (SSSR count). The Kier molecular flexibility index (Phi) is 5.64. The highest BCUT2D eigenvalue weighted by molar-refractivity contribution is 7.99. The maximum Gasteiger partial charge on any atom is 0.171 e. The molecule has 1 atom stereocenters. The fourth-order valence-electron chi connectivity index (χ4n) is 2.92. The summed E-state index contributed by atoms with van der Waals surface area (Å²) in [6, 6.07) is 15.9. The van der Waals surface area contributed by atoms with Crippen molar-refractivity contribution in [1.82, 2.24) is 10.6 Å². The SMILES string of the molecule is COc1ccc(Sc2ccc(C3NC(=S)NC(C)=C3C(C)=O)cc2)cc1. The number of carbonyl (C=O) groups excluding carboxylic acids is 1. The monoisotopic (exact) mass is 384 g/mol. The zero-order valence-electron chi connectivity index (χ0n) is 14.8. The second kappa shape index (κ2) is 7.93. The summed E-state index contributed by atoms with van der Waals surface area (Å²) in [5.74, 6) is 0.878. The van der Waals surface area contributed by atoms with Gasteiger partial charge in [-0.1, -0.05) is 23.9 Å². The summed E-state index contributed by atoms with van der Waals surface area (Å²) in [4.78, 5) is 14.3. The number of ketones is 1. The van der Waals surface area contributed by atoms with Crippen molar-refractivity contribution in [2.75, 3.05) is 7.11 Å². The summed E-state index contributed by atoms with van der Waals surface area (Å²) in [6.45, 7) is 3.46. The highest BCUT2D eigenvalue weighted by atomic mass is 32.2. The van der Waals surface area contributed by atoms with Crippen LogP contribution in [0.3, 0.4) is 0 Å². The van der Waals surface area contributed by atoms with Crippen LogP contribution in [0.2, 0.25) is 0 Å². The molecule has 4 nitrogen and oxygen atoms in total. The number of thiocarbonyl (C=S) groups is 1. The van der Waals surface area contributed by atoms with E-state index in [-0.39, 0.29) is 11.8 Å². The molecule has 2 N–H and O–H groups in total. The van der Waals surface area contributed by atoms with Gasteiger partial charge in [-0.25, -0.2) is 0 Å². The first-order chi connectivity index (χ1) is 12.5. The van der Waals surface area contributed by atoms with E-state index >= 15 is 0 Å². The van der Waals surface area contributed by atoms with Crippen LogP contribution in [0.25, 0.3) is 0 Å². The quantitative estimate of drug-likeness (QED) is 0.753. The van der Waals surface area contributed by atoms with Crippen molar-refractivity contribution in [2.45, 2.75) is 29.7 Å². The van der Waals surface area contributed by atoms with Crippen molar-refractivity contribution in [1.29, 1.82) is 0 Å². The number of Topliss-reactive ketones (excluding diaryl/α,β-unsaturated/α-hetero) is 1. The molecule has 6 heteroatoms. The molecule has 0 saturated carbocycles. The molecule has 0 amide bonds. The lowest BCUT2D eigenvalue weighted by Gasteiger charge is -2.29. The first kappa shape index (κ1) is 18.5. The minimum atomic E-state index is -0.221. The van der Waals surface area contributed by atoms with E-state index in [0.29, 0.717) is 10.7 Å². The van der Waals surface area contributed by atoms with Crippen molar-refractivity contribution < 1.29 is 9.53 Å². The fourth-order valence-corrected chi connectivity index (χ4v) is 4.01. The lowest BCUT2D eigenvalue weighted by Crippen LogP contribution is -2.44. The molecule has 0 fully saturated rings. The van der Waals surface area contributed by atoms with E-state index in [0.717, 1.165) is 26.8 Å². The van der Waals surface area contributed by atoms with Gasteiger partial charge in [0.2, 0.25) is 0 Å². The van der Waals surface area contributed by atoms with Crippen LogP contribution in [-0.2, 0) is 4.79 Å². The van der Waals surface area contributed by atoms with Crippen LogP contribution in [0.5, 0.6) is 5.75 Å². The van der Waals surface area contributed by atoms with Crippen LogP contribution < -0.4 is 15.4 Å². The summed E-state index contributed by atoms with van der Waals surface area (Å²) < 4.78 is 5.19. The van der Waals surface area contributed by atoms with Gasteiger partial charge in [-0.3, -0.25) is 4.79 Å². The number of benzene rings is 2. The van der Waals surface area contributed by atoms with Crippen LogP contribution in [-0.4, -0.2) is 18.0 Å². The van der Waals surface area contributed by atoms with Crippen molar-refractivity contribution in [3.05, 3.63) is 65.4 Å². The topological polar surface area (TPSA) is 50.4 Å². The van der Waals surface area contributed by atoms with Gasteiger partial charge in [0.15, 0.2) is 10.9 Å². The Labute approximate surface area is 163 Å². The van der Waals surface area contributed by atoms with E-state index in [4.69, 9.17) is 17.0 Å². The molecule has 0 aliphatic carbocycles. The lowest BCUT2D eigenvalue weighted by atomic mass is 9.93. The van der Waals surface area contributed by atoms with Crippen LogP contribution >= 0.6 is 24.0 Å². The highest BCUT2D eigenvalue weighted by Gasteiger charge is 2.27. The molecule has 134 valence electrons. The van der Waals surface area contributed by atoms with Gasteiger partial charge >= 0.3 is 0 Å². The molecule has 2 aromatic carbocycles. The maximum atomic E-state index is 12.1. The van der Waals surface area contributed by atoms with E-state index in [1.165, 1.54) is 0 Å². The number of rotatable bonds is 5. The third-order valence-electron chi connectivity index (χ3n) is 4.16. The first-order valence-electron chi connectivity index (χ1n) is 8.19. The van der Waals surface area contributed by atoms with Gasteiger partial charge in [0.1, 0.15) is 5.75 Å². The average Bonchev–Trinajstić information content (AvgIpc) is 2.62. The minimum absolute atomic E-state index is 0.0340. The van der Waals surface area contributed by atoms with Gasteiger partial charge < -0.3 is 15.4 Å². The fraction of sp³-hybridized carbons (Fsp3) is 0.200. The van der Waals surface area contributed by atoms with Gasteiger partial charge in [-0.2, -0.15) is 0 Å². The van der Waals surface area contributed by atoms with E-state index in [1.807, 2.05) is 43.3 Å². The smallest absolute Gasteiger partial charge is 0.171 e. The standard InChI is InChI=1S/C20H20N2O2S2/c1-12-18(13(2)23)19(22-20(25)21-12)14-4-8-16(9-5-14)26-17-10-6-15(24-3)7-11-17/h4-11,19H,1-3H3,(H2,21,22,25). The number of hydrogen-bond donors (Lipinski definition) is 2. The summed E-state index contributed by atoms with van der Waals surface area (Å²) in [5.41, 5.74) is 2.54. The Morgan fingerprint density at radius 1 is 1.08 bits per heavy atom. The summed E-state index contributed by atoms with van der Waals surface area (Å²) in [6.07, 6.45) is 0. The summed E-state index contributed by atoms with van der Waals surface area (Å²) >= 11 is 6.93. The lowest BCUT2D eigenvalue weighted by molar-refractivity contribution is -0.114. The van der Waals surface area contributed by atoms with Gasteiger partial charge in [-0.05, 0) is 68.0 Å². The molecular weight excluding hydrogens is 364 g/mol. The number of nitrogens with one attached hydrogen (secondary N) is 2. The molecule has 1 unspecified atom stereocenters. The van der Waals surface area contributed by atoms with E-state index in [1.54, 1.807) is 25.8 Å². The van der Waals surface area contributed by atoms with E-state index in [9.17, 15) is 4.79 Å². The minimum Gasteiger partial charge on any atom is -0.497 e. The van der Waals surface area contributed by atoms with Crippen LogP contribution in [0.15, 0.2) is 69.6 Å². The van der Waals surface area contributed by atoms with Gasteiger partial charge in [-0.15, -0.1) is 0 Å². The second-order valence-corrected chi connectivity index (χ2v) is 7.53. The molecule has 2 aromatic rings. The second-order valence-electron chi connectivity index (χ2n) is 5.97. The molecular formula is C20H20N2O2S2. The zero-order chi connectivity index (χ0) is 18.7. The molecule has 0 aromatic heterocycles. The zero-order valence-corrected chi connectivity index (χ0v) is 16.5.